The van der Waals surface area contributed by atoms with E-state index in [1.54, 1.807) is 0 Å². The fourth-order valence-corrected chi connectivity index (χ4v) is 3.11. The van der Waals surface area contributed by atoms with Crippen LogP contribution in [0.4, 0.5) is 0 Å². The predicted molar refractivity (Wildman–Crippen MR) is 72.7 cm³/mol. The van der Waals surface area contributed by atoms with Crippen LogP contribution in [-0.4, -0.2) is 12.6 Å². The molecule has 2 unspecified atom stereocenters. The molecule has 0 aromatic rings. The topological polar surface area (TPSA) is 12.0 Å². The van der Waals surface area contributed by atoms with Gasteiger partial charge in [-0.25, -0.2) is 0 Å². The lowest BCUT2D eigenvalue weighted by atomic mass is 9.74. The summed E-state index contributed by atoms with van der Waals surface area (Å²) in [5.74, 6) is 1.83. The first-order chi connectivity index (χ1) is 7.42. The molecule has 0 aliphatic heterocycles. The molecule has 1 aliphatic rings. The molecule has 0 aromatic heterocycles. The molecule has 0 saturated heterocycles. The van der Waals surface area contributed by atoms with E-state index in [0.29, 0.717) is 5.41 Å². The zero-order valence-corrected chi connectivity index (χ0v) is 12.0. The van der Waals surface area contributed by atoms with Crippen LogP contribution < -0.4 is 5.32 Å². The standard InChI is InChI=1S/C15H31N/c1-6-16-14(13-8-7-9-13)10-12(2)11-15(3,4)5/h12-14,16H,6-11H2,1-5H3. The van der Waals surface area contributed by atoms with Crippen LogP contribution in [0.25, 0.3) is 0 Å². The molecule has 1 N–H and O–H groups in total. The van der Waals surface area contributed by atoms with E-state index in [9.17, 15) is 0 Å². The first-order valence-corrected chi connectivity index (χ1v) is 7.15. The van der Waals surface area contributed by atoms with Crippen LogP contribution in [0.15, 0.2) is 0 Å². The Morgan fingerprint density at radius 3 is 2.25 bits per heavy atom. The summed E-state index contributed by atoms with van der Waals surface area (Å²) in [6, 6.07) is 0.788. The minimum Gasteiger partial charge on any atom is -0.314 e. The normalized spacial score (nSPS) is 21.6. The fraction of sp³-hybridized carbons (Fsp3) is 1.00. The van der Waals surface area contributed by atoms with Crippen LogP contribution in [0.5, 0.6) is 0 Å². The van der Waals surface area contributed by atoms with Crippen LogP contribution >= 0.6 is 0 Å². The van der Waals surface area contributed by atoms with Gasteiger partial charge in [0, 0.05) is 6.04 Å². The Morgan fingerprint density at radius 2 is 1.88 bits per heavy atom. The molecule has 1 saturated carbocycles. The number of nitrogens with one attached hydrogen (secondary N) is 1. The third kappa shape index (κ3) is 4.86. The molecule has 1 heteroatoms. The van der Waals surface area contributed by atoms with E-state index in [1.807, 2.05) is 0 Å². The Kier molecular flexibility index (Phi) is 5.30. The highest BCUT2D eigenvalue weighted by Gasteiger charge is 2.28. The van der Waals surface area contributed by atoms with Gasteiger partial charge >= 0.3 is 0 Å². The number of hydrogen-bond donors (Lipinski definition) is 1. The van der Waals surface area contributed by atoms with E-state index in [-0.39, 0.29) is 0 Å². The Morgan fingerprint density at radius 1 is 1.25 bits per heavy atom. The van der Waals surface area contributed by atoms with Gasteiger partial charge < -0.3 is 5.32 Å². The Labute approximate surface area is 102 Å². The van der Waals surface area contributed by atoms with E-state index in [1.165, 1.54) is 32.1 Å². The minimum absolute atomic E-state index is 0.482. The molecular weight excluding hydrogens is 194 g/mol. The average Bonchev–Trinajstić information content (AvgIpc) is 1.96. The summed E-state index contributed by atoms with van der Waals surface area (Å²) in [6.45, 7) is 12.9. The molecule has 0 spiro atoms. The number of hydrogen-bond acceptors (Lipinski definition) is 1. The van der Waals surface area contributed by atoms with Crippen molar-refractivity contribution in [2.45, 2.75) is 72.8 Å². The maximum absolute atomic E-state index is 3.70. The number of rotatable bonds is 6. The van der Waals surface area contributed by atoms with Crippen molar-refractivity contribution in [2.24, 2.45) is 17.3 Å². The SMILES string of the molecule is CCNC(CC(C)CC(C)(C)C)C1CCC1. The first kappa shape index (κ1) is 14.0. The maximum atomic E-state index is 3.70. The summed E-state index contributed by atoms with van der Waals surface area (Å²) in [5, 5.41) is 3.70. The lowest BCUT2D eigenvalue weighted by Gasteiger charge is -2.36. The van der Waals surface area contributed by atoms with E-state index in [4.69, 9.17) is 0 Å². The van der Waals surface area contributed by atoms with Crippen molar-refractivity contribution in [3.63, 3.8) is 0 Å². The molecule has 2 atom stereocenters. The molecule has 1 aliphatic carbocycles. The van der Waals surface area contributed by atoms with Crippen molar-refractivity contribution < 1.29 is 0 Å². The van der Waals surface area contributed by atoms with Crippen molar-refractivity contribution >= 4 is 0 Å². The highest BCUT2D eigenvalue weighted by atomic mass is 14.9. The van der Waals surface area contributed by atoms with Gasteiger partial charge in [-0.1, -0.05) is 41.0 Å². The monoisotopic (exact) mass is 225 g/mol. The first-order valence-electron chi connectivity index (χ1n) is 7.15. The minimum atomic E-state index is 0.482. The molecule has 1 fully saturated rings. The largest absolute Gasteiger partial charge is 0.314 e. The molecule has 0 heterocycles. The smallest absolute Gasteiger partial charge is 0.00977 e. The van der Waals surface area contributed by atoms with Crippen LogP contribution in [-0.2, 0) is 0 Å². The highest BCUT2D eigenvalue weighted by Crippen LogP contribution is 2.34. The molecule has 0 amide bonds. The summed E-state index contributed by atoms with van der Waals surface area (Å²) in [7, 11) is 0. The van der Waals surface area contributed by atoms with Gasteiger partial charge in [0.2, 0.25) is 0 Å². The van der Waals surface area contributed by atoms with E-state index in [2.05, 4.69) is 39.9 Å². The van der Waals surface area contributed by atoms with Crippen LogP contribution in [0.1, 0.15) is 66.7 Å². The summed E-state index contributed by atoms with van der Waals surface area (Å²) in [4.78, 5) is 0. The van der Waals surface area contributed by atoms with Gasteiger partial charge in [-0.3, -0.25) is 0 Å². The Hall–Kier alpha value is -0.0400. The van der Waals surface area contributed by atoms with Gasteiger partial charge in [0.15, 0.2) is 0 Å². The van der Waals surface area contributed by atoms with E-state index in [0.717, 1.165) is 24.4 Å². The van der Waals surface area contributed by atoms with Crippen LogP contribution in [0.3, 0.4) is 0 Å². The van der Waals surface area contributed by atoms with Crippen LogP contribution in [0.2, 0.25) is 0 Å². The Balaban J connectivity index is 2.35. The van der Waals surface area contributed by atoms with Gasteiger partial charge in [0.05, 0.1) is 0 Å². The van der Waals surface area contributed by atoms with Crippen molar-refractivity contribution in [2.75, 3.05) is 6.54 Å². The second-order valence-corrected chi connectivity index (χ2v) is 6.96. The summed E-state index contributed by atoms with van der Waals surface area (Å²) >= 11 is 0. The van der Waals surface area contributed by atoms with Crippen molar-refractivity contribution in [3.05, 3.63) is 0 Å². The van der Waals surface area contributed by atoms with Crippen LogP contribution in [0, 0.1) is 17.3 Å². The van der Waals surface area contributed by atoms with Gasteiger partial charge in [-0.05, 0) is 49.5 Å². The second-order valence-electron chi connectivity index (χ2n) is 6.96. The lowest BCUT2D eigenvalue weighted by Crippen LogP contribution is -2.40. The fourth-order valence-electron chi connectivity index (χ4n) is 3.11. The van der Waals surface area contributed by atoms with Gasteiger partial charge in [-0.15, -0.1) is 0 Å². The summed E-state index contributed by atoms with van der Waals surface area (Å²) < 4.78 is 0. The van der Waals surface area contributed by atoms with Crippen molar-refractivity contribution in [1.29, 1.82) is 0 Å². The molecule has 0 aromatic carbocycles. The van der Waals surface area contributed by atoms with Crippen molar-refractivity contribution in [1.82, 2.24) is 5.32 Å². The summed E-state index contributed by atoms with van der Waals surface area (Å²) in [6.07, 6.45) is 7.09. The molecular formula is C15H31N. The molecule has 16 heavy (non-hydrogen) atoms. The molecule has 1 nitrogen and oxygen atoms in total. The molecule has 0 bridgehead atoms. The van der Waals surface area contributed by atoms with Gasteiger partial charge in [-0.2, -0.15) is 0 Å². The summed E-state index contributed by atoms with van der Waals surface area (Å²) in [5.41, 5.74) is 0.482. The quantitative estimate of drug-likeness (QED) is 0.713. The van der Waals surface area contributed by atoms with Gasteiger partial charge in [0.25, 0.3) is 0 Å². The Bertz CT molecular complexity index is 188. The van der Waals surface area contributed by atoms with E-state index < -0.39 is 0 Å². The van der Waals surface area contributed by atoms with E-state index >= 15 is 0 Å². The zero-order chi connectivity index (χ0) is 12.2. The predicted octanol–water partition coefficient (Wildman–Crippen LogP) is 4.23. The average molecular weight is 225 g/mol. The molecule has 0 radical (unpaired) electrons. The highest BCUT2D eigenvalue weighted by molar-refractivity contribution is 4.84. The third-order valence-electron chi connectivity index (χ3n) is 3.80. The van der Waals surface area contributed by atoms with Gasteiger partial charge in [0.1, 0.15) is 0 Å². The second kappa shape index (κ2) is 6.05. The maximum Gasteiger partial charge on any atom is 0.00977 e. The molecule has 96 valence electrons. The molecule has 1 rings (SSSR count). The van der Waals surface area contributed by atoms with Crippen molar-refractivity contribution in [3.8, 4) is 0 Å². The zero-order valence-electron chi connectivity index (χ0n) is 12.0. The third-order valence-corrected chi connectivity index (χ3v) is 3.80. The lowest BCUT2D eigenvalue weighted by molar-refractivity contribution is 0.186.